The van der Waals surface area contributed by atoms with Crippen molar-refractivity contribution >= 4 is 29.7 Å². The van der Waals surface area contributed by atoms with E-state index in [1.165, 1.54) is 0 Å². The molecule has 0 bridgehead atoms. The van der Waals surface area contributed by atoms with Crippen LogP contribution in [0.3, 0.4) is 0 Å². The smallest absolute Gasteiger partial charge is 0.225 e. The number of aromatic nitrogens is 3. The molecule has 0 aliphatic rings. The summed E-state index contributed by atoms with van der Waals surface area (Å²) >= 11 is 0. The summed E-state index contributed by atoms with van der Waals surface area (Å²) in [5, 5.41) is 0. The van der Waals surface area contributed by atoms with Crippen LogP contribution >= 0.6 is 0 Å². The second-order valence-corrected chi connectivity index (χ2v) is 4.23. The van der Waals surface area contributed by atoms with Crippen molar-refractivity contribution in [2.45, 2.75) is 0 Å². The van der Waals surface area contributed by atoms with Gasteiger partial charge in [-0.05, 0) is 23.8 Å². The Kier molecular flexibility index (Phi) is 3.61. The van der Waals surface area contributed by atoms with Crippen LogP contribution in [0.5, 0.6) is 0 Å². The molecule has 0 amide bonds. The lowest BCUT2D eigenvalue weighted by atomic mass is 10.2. The predicted octanol–water partition coefficient (Wildman–Crippen LogP) is 1.27. The van der Waals surface area contributed by atoms with Gasteiger partial charge < -0.3 is 16.4 Å². The third kappa shape index (κ3) is 3.41. The molecule has 0 fully saturated rings. The highest BCUT2D eigenvalue weighted by molar-refractivity contribution is 5.68. The Hall–Kier alpha value is -2.63. The normalized spacial score (nSPS) is 10.8. The van der Waals surface area contributed by atoms with E-state index in [0.29, 0.717) is 5.82 Å². The van der Waals surface area contributed by atoms with Crippen molar-refractivity contribution in [3.05, 3.63) is 35.7 Å². The number of nitrogens with zero attached hydrogens (tertiary/aromatic N) is 4. The van der Waals surface area contributed by atoms with Crippen molar-refractivity contribution in [1.82, 2.24) is 15.0 Å². The molecule has 0 unspecified atom stereocenters. The van der Waals surface area contributed by atoms with E-state index >= 15 is 0 Å². The van der Waals surface area contributed by atoms with Crippen molar-refractivity contribution in [1.29, 1.82) is 0 Å². The first-order valence-electron chi connectivity index (χ1n) is 5.77. The van der Waals surface area contributed by atoms with E-state index in [1.807, 2.05) is 49.3 Å². The summed E-state index contributed by atoms with van der Waals surface area (Å²) in [6.07, 6.45) is 3.65. The average molecular weight is 256 g/mol. The van der Waals surface area contributed by atoms with E-state index in [9.17, 15) is 0 Å². The molecule has 2 rings (SSSR count). The van der Waals surface area contributed by atoms with Crippen molar-refractivity contribution in [2.75, 3.05) is 30.5 Å². The fourth-order valence-corrected chi connectivity index (χ4v) is 1.56. The van der Waals surface area contributed by atoms with E-state index in [1.54, 1.807) is 6.08 Å². The minimum atomic E-state index is 0.120. The van der Waals surface area contributed by atoms with Gasteiger partial charge in [0.25, 0.3) is 0 Å². The summed E-state index contributed by atoms with van der Waals surface area (Å²) in [6, 6.07) is 8.10. The lowest BCUT2D eigenvalue weighted by molar-refractivity contribution is 1.06. The van der Waals surface area contributed by atoms with Gasteiger partial charge in [-0.3, -0.25) is 0 Å². The molecule has 0 saturated carbocycles. The molecule has 0 spiro atoms. The molecule has 6 heteroatoms. The molecule has 19 heavy (non-hydrogen) atoms. The molecule has 0 aliphatic heterocycles. The summed E-state index contributed by atoms with van der Waals surface area (Å²) in [7, 11) is 4.00. The van der Waals surface area contributed by atoms with E-state index in [4.69, 9.17) is 11.5 Å². The second-order valence-electron chi connectivity index (χ2n) is 4.23. The van der Waals surface area contributed by atoms with Gasteiger partial charge in [0.15, 0.2) is 5.82 Å². The van der Waals surface area contributed by atoms with E-state index in [-0.39, 0.29) is 11.9 Å². The summed E-state index contributed by atoms with van der Waals surface area (Å²) in [6.45, 7) is 0. The lowest BCUT2D eigenvalue weighted by Gasteiger charge is -2.11. The van der Waals surface area contributed by atoms with E-state index < -0.39 is 0 Å². The van der Waals surface area contributed by atoms with Crippen LogP contribution in [0.4, 0.5) is 17.6 Å². The number of anilines is 3. The topological polar surface area (TPSA) is 94.0 Å². The van der Waals surface area contributed by atoms with Crippen molar-refractivity contribution in [3.8, 4) is 0 Å². The molecule has 1 aromatic carbocycles. The summed E-state index contributed by atoms with van der Waals surface area (Å²) < 4.78 is 0. The third-order valence-electron chi connectivity index (χ3n) is 2.52. The Bertz CT molecular complexity index is 568. The zero-order chi connectivity index (χ0) is 13.8. The molecular formula is C13H16N6. The summed E-state index contributed by atoms with van der Waals surface area (Å²) in [5.41, 5.74) is 13.2. The van der Waals surface area contributed by atoms with Gasteiger partial charge in [-0.1, -0.05) is 18.2 Å². The minimum Gasteiger partial charge on any atom is -0.378 e. The number of hydrogen-bond acceptors (Lipinski definition) is 6. The highest BCUT2D eigenvalue weighted by atomic mass is 15.1. The minimum absolute atomic E-state index is 0.120. The monoisotopic (exact) mass is 256 g/mol. The highest BCUT2D eigenvalue weighted by Gasteiger charge is 1.98. The average Bonchev–Trinajstić information content (AvgIpc) is 2.36. The van der Waals surface area contributed by atoms with Gasteiger partial charge in [-0.15, -0.1) is 0 Å². The molecule has 0 saturated heterocycles. The Morgan fingerprint density at radius 1 is 0.895 bits per heavy atom. The van der Waals surface area contributed by atoms with Crippen LogP contribution in [0.25, 0.3) is 12.2 Å². The standard InChI is InChI=1S/C13H16N6/c1-19(2)10-6-3-9(4-7-10)5-8-11-16-12(14)18-13(15)17-11/h3-8H,1-2H3,(H4,14,15,16,17,18)/b8-5+. The summed E-state index contributed by atoms with van der Waals surface area (Å²) in [5.74, 6) is 0.687. The Morgan fingerprint density at radius 3 is 2.00 bits per heavy atom. The van der Waals surface area contributed by atoms with Gasteiger partial charge in [-0.25, -0.2) is 0 Å². The van der Waals surface area contributed by atoms with Crippen molar-refractivity contribution in [2.24, 2.45) is 0 Å². The maximum absolute atomic E-state index is 5.50. The fraction of sp³-hybridized carbons (Fsp3) is 0.154. The number of rotatable bonds is 3. The van der Waals surface area contributed by atoms with Crippen LogP contribution in [-0.2, 0) is 0 Å². The predicted molar refractivity (Wildman–Crippen MR) is 78.3 cm³/mol. The van der Waals surface area contributed by atoms with Crippen molar-refractivity contribution < 1.29 is 0 Å². The number of benzene rings is 1. The first kappa shape index (κ1) is 12.8. The Balaban J connectivity index is 2.17. The number of hydrogen-bond donors (Lipinski definition) is 2. The molecule has 2 aromatic rings. The van der Waals surface area contributed by atoms with Crippen molar-refractivity contribution in [3.63, 3.8) is 0 Å². The lowest BCUT2D eigenvalue weighted by Crippen LogP contribution is -2.07. The maximum Gasteiger partial charge on any atom is 0.225 e. The SMILES string of the molecule is CN(C)c1ccc(/C=C/c2nc(N)nc(N)n2)cc1. The highest BCUT2D eigenvalue weighted by Crippen LogP contribution is 2.14. The first-order chi connectivity index (χ1) is 9.04. The van der Waals surface area contributed by atoms with Gasteiger partial charge >= 0.3 is 0 Å². The molecule has 0 aliphatic carbocycles. The molecule has 98 valence electrons. The van der Waals surface area contributed by atoms with Crippen LogP contribution in [0.2, 0.25) is 0 Å². The third-order valence-corrected chi connectivity index (χ3v) is 2.52. The zero-order valence-corrected chi connectivity index (χ0v) is 10.9. The Morgan fingerprint density at radius 2 is 1.47 bits per heavy atom. The van der Waals surface area contributed by atoms with Crippen LogP contribution in [0, 0.1) is 0 Å². The molecule has 0 radical (unpaired) electrons. The van der Waals surface area contributed by atoms with Gasteiger partial charge in [0, 0.05) is 19.8 Å². The van der Waals surface area contributed by atoms with Gasteiger partial charge in [0.2, 0.25) is 11.9 Å². The van der Waals surface area contributed by atoms with Gasteiger partial charge in [0.1, 0.15) is 0 Å². The summed E-state index contributed by atoms with van der Waals surface area (Å²) in [4.78, 5) is 13.7. The largest absolute Gasteiger partial charge is 0.378 e. The second kappa shape index (κ2) is 5.34. The molecule has 1 heterocycles. The quantitative estimate of drug-likeness (QED) is 0.859. The number of nitrogens with two attached hydrogens (primary N) is 2. The Labute approximate surface area is 111 Å². The maximum atomic E-state index is 5.50. The van der Waals surface area contributed by atoms with Gasteiger partial charge in [-0.2, -0.15) is 15.0 Å². The molecule has 0 atom stereocenters. The van der Waals surface area contributed by atoms with Crippen LogP contribution in [0.15, 0.2) is 24.3 Å². The molecule has 1 aromatic heterocycles. The number of nitrogen functional groups attached to an aromatic ring is 2. The van der Waals surface area contributed by atoms with Crippen LogP contribution in [-0.4, -0.2) is 29.0 Å². The van der Waals surface area contributed by atoms with Crippen LogP contribution < -0.4 is 16.4 Å². The molecular weight excluding hydrogens is 240 g/mol. The fourth-order valence-electron chi connectivity index (χ4n) is 1.56. The van der Waals surface area contributed by atoms with E-state index in [2.05, 4.69) is 15.0 Å². The zero-order valence-electron chi connectivity index (χ0n) is 10.9. The van der Waals surface area contributed by atoms with Gasteiger partial charge in [0.05, 0.1) is 0 Å². The molecule has 4 N–H and O–H groups in total. The van der Waals surface area contributed by atoms with Crippen LogP contribution in [0.1, 0.15) is 11.4 Å². The first-order valence-corrected chi connectivity index (χ1v) is 5.77. The molecule has 6 nitrogen and oxygen atoms in total. The van der Waals surface area contributed by atoms with E-state index in [0.717, 1.165) is 11.3 Å².